The summed E-state index contributed by atoms with van der Waals surface area (Å²) in [6, 6.07) is 12.8. The average molecular weight is 311 g/mol. The fourth-order valence-corrected chi connectivity index (χ4v) is 2.35. The van der Waals surface area contributed by atoms with E-state index >= 15 is 0 Å². The first-order valence-electron chi connectivity index (χ1n) is 5.22. The lowest BCUT2D eigenvalue weighted by molar-refractivity contribution is 0.802. The van der Waals surface area contributed by atoms with E-state index in [-0.39, 0.29) is 0 Å². The van der Waals surface area contributed by atoms with Crippen LogP contribution in [0.4, 0.5) is 0 Å². The number of hydrogen-bond donors (Lipinski definition) is 1. The zero-order valence-electron chi connectivity index (χ0n) is 8.54. The summed E-state index contributed by atoms with van der Waals surface area (Å²) < 4.78 is 1.38. The predicted molar refractivity (Wildman–Crippen MR) is 72.0 cm³/mol. The van der Waals surface area contributed by atoms with Crippen molar-refractivity contribution in [2.75, 3.05) is 0 Å². The van der Waals surface area contributed by atoms with Gasteiger partial charge in [-0.2, -0.15) is 0 Å². The summed E-state index contributed by atoms with van der Waals surface area (Å²) in [6.45, 7) is 0. The molecular formula is C13H14IN. The summed E-state index contributed by atoms with van der Waals surface area (Å²) in [5.74, 6) is 0. The Balaban J connectivity index is 1.86. The first-order valence-corrected chi connectivity index (χ1v) is 6.30. The molecule has 0 unspecified atom stereocenters. The third-order valence-electron chi connectivity index (χ3n) is 2.51. The minimum atomic E-state index is 1.14. The standard InChI is InChI=1S/C13H14IN/c14-13-9-2-1-5-11(13)6-3-7-12-8-4-10-15-12/h1-2,4-5,8-10,15H,3,6-7H2. The lowest BCUT2D eigenvalue weighted by Gasteiger charge is -2.03. The molecule has 0 saturated heterocycles. The van der Waals surface area contributed by atoms with Crippen LogP contribution < -0.4 is 0 Å². The van der Waals surface area contributed by atoms with Crippen LogP contribution in [0.25, 0.3) is 0 Å². The zero-order chi connectivity index (χ0) is 10.5. The molecule has 1 aromatic heterocycles. The van der Waals surface area contributed by atoms with Crippen molar-refractivity contribution in [1.82, 2.24) is 4.98 Å². The first-order chi connectivity index (χ1) is 7.36. The van der Waals surface area contributed by atoms with E-state index in [9.17, 15) is 0 Å². The molecule has 2 heteroatoms. The lowest BCUT2D eigenvalue weighted by Crippen LogP contribution is -1.92. The van der Waals surface area contributed by atoms with Gasteiger partial charge in [0.2, 0.25) is 0 Å². The highest BCUT2D eigenvalue weighted by molar-refractivity contribution is 14.1. The summed E-state index contributed by atoms with van der Waals surface area (Å²) >= 11 is 2.41. The third-order valence-corrected chi connectivity index (χ3v) is 3.56. The Hall–Kier alpha value is -0.770. The molecule has 1 aromatic carbocycles. The van der Waals surface area contributed by atoms with Gasteiger partial charge in [0.05, 0.1) is 0 Å². The van der Waals surface area contributed by atoms with Gasteiger partial charge < -0.3 is 4.98 Å². The maximum absolute atomic E-state index is 3.24. The van der Waals surface area contributed by atoms with Crippen molar-refractivity contribution in [1.29, 1.82) is 0 Å². The van der Waals surface area contributed by atoms with Gasteiger partial charge in [0.15, 0.2) is 0 Å². The number of halogens is 1. The van der Waals surface area contributed by atoms with Crippen LogP contribution in [-0.2, 0) is 12.8 Å². The van der Waals surface area contributed by atoms with E-state index in [0.29, 0.717) is 0 Å². The highest BCUT2D eigenvalue weighted by Crippen LogP contribution is 2.14. The van der Waals surface area contributed by atoms with Gasteiger partial charge in [0.1, 0.15) is 0 Å². The number of nitrogens with one attached hydrogen (secondary N) is 1. The van der Waals surface area contributed by atoms with Gasteiger partial charge in [-0.1, -0.05) is 18.2 Å². The van der Waals surface area contributed by atoms with Crippen LogP contribution in [0.1, 0.15) is 17.7 Å². The molecule has 2 rings (SSSR count). The molecule has 0 bridgehead atoms. The number of aromatic nitrogens is 1. The normalized spacial score (nSPS) is 10.5. The topological polar surface area (TPSA) is 15.8 Å². The van der Waals surface area contributed by atoms with Crippen molar-refractivity contribution >= 4 is 22.6 Å². The Labute approximate surface area is 104 Å². The largest absolute Gasteiger partial charge is 0.365 e. The van der Waals surface area contributed by atoms with Crippen molar-refractivity contribution in [3.63, 3.8) is 0 Å². The van der Waals surface area contributed by atoms with E-state index in [1.807, 2.05) is 6.20 Å². The summed E-state index contributed by atoms with van der Waals surface area (Å²) in [6.07, 6.45) is 5.50. The van der Waals surface area contributed by atoms with Gasteiger partial charge in [0.25, 0.3) is 0 Å². The molecule has 0 spiro atoms. The van der Waals surface area contributed by atoms with Crippen LogP contribution in [0.15, 0.2) is 42.6 Å². The number of aromatic amines is 1. The number of rotatable bonds is 4. The second-order valence-corrected chi connectivity index (χ2v) is 4.80. The molecular weight excluding hydrogens is 297 g/mol. The molecule has 1 heterocycles. The summed E-state index contributed by atoms with van der Waals surface area (Å²) in [5.41, 5.74) is 2.80. The Morgan fingerprint density at radius 2 is 1.87 bits per heavy atom. The van der Waals surface area contributed by atoms with Gasteiger partial charge in [-0.3, -0.25) is 0 Å². The Morgan fingerprint density at radius 3 is 2.60 bits per heavy atom. The Kier molecular flexibility index (Phi) is 3.83. The molecule has 15 heavy (non-hydrogen) atoms. The number of aryl methyl sites for hydroxylation is 2. The molecule has 0 saturated carbocycles. The van der Waals surface area contributed by atoms with Crippen LogP contribution in [0.2, 0.25) is 0 Å². The van der Waals surface area contributed by atoms with E-state index in [1.54, 1.807) is 0 Å². The van der Waals surface area contributed by atoms with Crippen molar-refractivity contribution in [2.24, 2.45) is 0 Å². The number of benzene rings is 1. The molecule has 0 fully saturated rings. The molecule has 0 amide bonds. The van der Waals surface area contributed by atoms with Crippen molar-refractivity contribution in [2.45, 2.75) is 19.3 Å². The Morgan fingerprint density at radius 1 is 1.00 bits per heavy atom. The summed E-state index contributed by atoms with van der Waals surface area (Å²) in [4.78, 5) is 3.24. The first kappa shape index (κ1) is 10.7. The van der Waals surface area contributed by atoms with Gasteiger partial charge in [-0.25, -0.2) is 0 Å². The monoisotopic (exact) mass is 311 g/mol. The van der Waals surface area contributed by atoms with Gasteiger partial charge >= 0.3 is 0 Å². The average Bonchev–Trinajstić information content (AvgIpc) is 2.74. The van der Waals surface area contributed by atoms with Crippen LogP contribution in [-0.4, -0.2) is 4.98 Å². The fraction of sp³-hybridized carbons (Fsp3) is 0.231. The van der Waals surface area contributed by atoms with Crippen LogP contribution in [0, 0.1) is 3.57 Å². The van der Waals surface area contributed by atoms with Crippen molar-refractivity contribution in [3.8, 4) is 0 Å². The number of hydrogen-bond acceptors (Lipinski definition) is 0. The SMILES string of the molecule is Ic1ccccc1CCCc1ccc[nH]1. The van der Waals surface area contributed by atoms with E-state index in [4.69, 9.17) is 0 Å². The van der Waals surface area contributed by atoms with Gasteiger partial charge in [-0.15, -0.1) is 0 Å². The van der Waals surface area contributed by atoms with Crippen molar-refractivity contribution < 1.29 is 0 Å². The second-order valence-electron chi connectivity index (χ2n) is 3.64. The second kappa shape index (κ2) is 5.35. The molecule has 0 aliphatic carbocycles. The van der Waals surface area contributed by atoms with Gasteiger partial charge in [0, 0.05) is 15.5 Å². The molecule has 0 aliphatic rings. The molecule has 1 N–H and O–H groups in total. The Bertz CT molecular complexity index is 406. The summed E-state index contributed by atoms with van der Waals surface area (Å²) in [5, 5.41) is 0. The molecule has 2 aromatic rings. The lowest BCUT2D eigenvalue weighted by atomic mass is 10.1. The minimum absolute atomic E-state index is 1.14. The highest BCUT2D eigenvalue weighted by Gasteiger charge is 1.99. The number of H-pyrrole nitrogens is 1. The van der Waals surface area contributed by atoms with Crippen LogP contribution in [0.3, 0.4) is 0 Å². The van der Waals surface area contributed by atoms with Crippen molar-refractivity contribution in [3.05, 3.63) is 57.4 Å². The molecule has 0 atom stereocenters. The van der Waals surface area contributed by atoms with E-state index in [0.717, 1.165) is 12.8 Å². The molecule has 0 radical (unpaired) electrons. The minimum Gasteiger partial charge on any atom is -0.365 e. The van der Waals surface area contributed by atoms with Crippen LogP contribution >= 0.6 is 22.6 Å². The van der Waals surface area contributed by atoms with Gasteiger partial charge in [-0.05, 0) is 65.6 Å². The predicted octanol–water partition coefficient (Wildman–Crippen LogP) is 3.79. The van der Waals surface area contributed by atoms with E-state index < -0.39 is 0 Å². The van der Waals surface area contributed by atoms with E-state index in [2.05, 4.69) is 64.0 Å². The molecule has 1 nitrogen and oxygen atoms in total. The van der Waals surface area contributed by atoms with E-state index in [1.165, 1.54) is 21.2 Å². The summed E-state index contributed by atoms with van der Waals surface area (Å²) in [7, 11) is 0. The fourth-order valence-electron chi connectivity index (χ4n) is 1.69. The quantitative estimate of drug-likeness (QED) is 0.827. The third kappa shape index (κ3) is 3.09. The maximum Gasteiger partial charge on any atom is 0.0162 e. The molecule has 78 valence electrons. The highest BCUT2D eigenvalue weighted by atomic mass is 127. The smallest absolute Gasteiger partial charge is 0.0162 e. The zero-order valence-corrected chi connectivity index (χ0v) is 10.7. The molecule has 0 aliphatic heterocycles. The van der Waals surface area contributed by atoms with Crippen LogP contribution in [0.5, 0.6) is 0 Å². The maximum atomic E-state index is 3.24.